The molecular weight excluding hydrogens is 214 g/mol. The van der Waals surface area contributed by atoms with Gasteiger partial charge in [-0.05, 0) is 39.4 Å². The van der Waals surface area contributed by atoms with E-state index in [0.717, 1.165) is 6.54 Å². The molecule has 1 atom stereocenters. The minimum atomic E-state index is 0.135. The zero-order valence-corrected chi connectivity index (χ0v) is 11.5. The van der Waals surface area contributed by atoms with Crippen LogP contribution in [0.25, 0.3) is 0 Å². The number of amides is 1. The average molecular weight is 241 g/mol. The second-order valence-electron chi connectivity index (χ2n) is 5.65. The zero-order valence-electron chi connectivity index (χ0n) is 11.5. The quantitative estimate of drug-likeness (QED) is 0.728. The summed E-state index contributed by atoms with van der Waals surface area (Å²) in [5.41, 5.74) is 5.71. The molecule has 0 spiro atoms. The molecule has 100 valence electrons. The molecule has 0 heterocycles. The Kier molecular flexibility index (Phi) is 5.40. The van der Waals surface area contributed by atoms with Crippen LogP contribution in [0.1, 0.15) is 39.0 Å². The summed E-state index contributed by atoms with van der Waals surface area (Å²) >= 11 is 0. The Morgan fingerprint density at radius 2 is 2.00 bits per heavy atom. The van der Waals surface area contributed by atoms with Crippen molar-refractivity contribution in [3.05, 3.63) is 0 Å². The van der Waals surface area contributed by atoms with Crippen molar-refractivity contribution >= 4 is 5.91 Å². The lowest BCUT2D eigenvalue weighted by Crippen LogP contribution is -2.51. The first-order valence-electron chi connectivity index (χ1n) is 6.64. The van der Waals surface area contributed by atoms with Gasteiger partial charge in [-0.1, -0.05) is 19.8 Å². The van der Waals surface area contributed by atoms with Gasteiger partial charge >= 0.3 is 0 Å². The molecule has 4 heteroatoms. The van der Waals surface area contributed by atoms with E-state index in [4.69, 9.17) is 5.73 Å². The summed E-state index contributed by atoms with van der Waals surface area (Å²) < 4.78 is 0. The van der Waals surface area contributed by atoms with Gasteiger partial charge in [-0.15, -0.1) is 0 Å². The molecule has 0 saturated heterocycles. The molecule has 1 saturated carbocycles. The molecule has 0 aromatic heterocycles. The van der Waals surface area contributed by atoms with Crippen molar-refractivity contribution in [2.24, 2.45) is 11.7 Å². The van der Waals surface area contributed by atoms with Crippen molar-refractivity contribution in [3.8, 4) is 0 Å². The minimum Gasteiger partial charge on any atom is -0.354 e. The molecule has 1 rings (SSSR count). The summed E-state index contributed by atoms with van der Waals surface area (Å²) in [5, 5.41) is 3.08. The van der Waals surface area contributed by atoms with E-state index in [1.165, 1.54) is 25.7 Å². The molecule has 0 aromatic carbocycles. The van der Waals surface area contributed by atoms with Gasteiger partial charge < -0.3 is 16.0 Å². The van der Waals surface area contributed by atoms with Crippen LogP contribution in [0.15, 0.2) is 0 Å². The molecule has 0 bridgehead atoms. The number of nitrogens with two attached hydrogens (primary N) is 1. The third kappa shape index (κ3) is 3.96. The molecule has 1 fully saturated rings. The maximum atomic E-state index is 11.7. The fourth-order valence-corrected chi connectivity index (χ4v) is 2.55. The average Bonchev–Trinajstić information content (AvgIpc) is 2.76. The fourth-order valence-electron chi connectivity index (χ4n) is 2.55. The van der Waals surface area contributed by atoms with Gasteiger partial charge in [0.25, 0.3) is 0 Å². The van der Waals surface area contributed by atoms with E-state index >= 15 is 0 Å². The van der Waals surface area contributed by atoms with Gasteiger partial charge in [-0.2, -0.15) is 0 Å². The molecule has 17 heavy (non-hydrogen) atoms. The van der Waals surface area contributed by atoms with Gasteiger partial charge in [0, 0.05) is 18.5 Å². The summed E-state index contributed by atoms with van der Waals surface area (Å²) in [5.74, 6) is 0.407. The second-order valence-corrected chi connectivity index (χ2v) is 5.65. The Morgan fingerprint density at radius 1 is 1.41 bits per heavy atom. The van der Waals surface area contributed by atoms with Gasteiger partial charge in [0.2, 0.25) is 5.91 Å². The first-order chi connectivity index (χ1) is 8.00. The van der Waals surface area contributed by atoms with Crippen LogP contribution in [-0.4, -0.2) is 43.5 Å². The minimum absolute atomic E-state index is 0.135. The van der Waals surface area contributed by atoms with Crippen molar-refractivity contribution < 1.29 is 4.79 Å². The third-order valence-electron chi connectivity index (χ3n) is 4.03. The number of carbonyl (C=O) groups is 1. The fraction of sp³-hybridized carbons (Fsp3) is 0.923. The van der Waals surface area contributed by atoms with Crippen LogP contribution in [0.5, 0.6) is 0 Å². The van der Waals surface area contributed by atoms with Crippen LogP contribution in [0.2, 0.25) is 0 Å². The van der Waals surface area contributed by atoms with Crippen molar-refractivity contribution in [3.63, 3.8) is 0 Å². The monoisotopic (exact) mass is 241 g/mol. The summed E-state index contributed by atoms with van der Waals surface area (Å²) in [4.78, 5) is 14.0. The smallest absolute Gasteiger partial charge is 0.220 e. The maximum Gasteiger partial charge on any atom is 0.220 e. The maximum absolute atomic E-state index is 11.7. The highest BCUT2D eigenvalue weighted by atomic mass is 16.1. The summed E-state index contributed by atoms with van der Waals surface area (Å²) in [6.45, 7) is 3.36. The van der Waals surface area contributed by atoms with Crippen LogP contribution in [0.3, 0.4) is 0 Å². The largest absolute Gasteiger partial charge is 0.354 e. The predicted octanol–water partition coefficient (Wildman–Crippen LogP) is 0.962. The van der Waals surface area contributed by atoms with E-state index < -0.39 is 0 Å². The third-order valence-corrected chi connectivity index (χ3v) is 4.03. The predicted molar refractivity (Wildman–Crippen MR) is 70.7 cm³/mol. The van der Waals surface area contributed by atoms with E-state index in [-0.39, 0.29) is 17.4 Å². The lowest BCUT2D eigenvalue weighted by Gasteiger charge is -2.36. The van der Waals surface area contributed by atoms with E-state index in [1.54, 1.807) is 0 Å². The highest BCUT2D eigenvalue weighted by Crippen LogP contribution is 2.33. The number of carbonyl (C=O) groups excluding carboxylic acids is 1. The van der Waals surface area contributed by atoms with E-state index in [0.29, 0.717) is 13.0 Å². The lowest BCUT2D eigenvalue weighted by molar-refractivity contribution is -0.122. The molecular formula is C13H27N3O. The Hall–Kier alpha value is -0.610. The summed E-state index contributed by atoms with van der Waals surface area (Å²) in [6, 6.07) is 0. The standard InChI is InChI=1S/C13H27N3O/c1-11(9-14)8-12(17)15-10-13(16(2)3)6-4-5-7-13/h11H,4-10,14H2,1-3H3,(H,15,17). The molecule has 0 aliphatic heterocycles. The van der Waals surface area contributed by atoms with Crippen molar-refractivity contribution in [1.29, 1.82) is 0 Å². The Labute approximate surface area is 105 Å². The first kappa shape index (κ1) is 14.5. The number of nitrogens with zero attached hydrogens (tertiary/aromatic N) is 1. The number of likely N-dealkylation sites (N-methyl/N-ethyl adjacent to an activating group) is 1. The van der Waals surface area contributed by atoms with Crippen LogP contribution in [0.4, 0.5) is 0 Å². The van der Waals surface area contributed by atoms with Gasteiger partial charge in [0.1, 0.15) is 0 Å². The zero-order chi connectivity index (χ0) is 12.9. The topological polar surface area (TPSA) is 58.4 Å². The molecule has 1 amide bonds. The number of hydrogen-bond acceptors (Lipinski definition) is 3. The van der Waals surface area contributed by atoms with Crippen LogP contribution >= 0.6 is 0 Å². The summed E-state index contributed by atoms with van der Waals surface area (Å²) in [7, 11) is 4.22. The van der Waals surface area contributed by atoms with Gasteiger partial charge in [-0.3, -0.25) is 4.79 Å². The highest BCUT2D eigenvalue weighted by molar-refractivity contribution is 5.76. The molecule has 1 aliphatic rings. The number of nitrogens with one attached hydrogen (secondary N) is 1. The molecule has 0 aromatic rings. The van der Waals surface area contributed by atoms with Gasteiger partial charge in [0.05, 0.1) is 0 Å². The van der Waals surface area contributed by atoms with Crippen molar-refractivity contribution in [2.75, 3.05) is 27.2 Å². The van der Waals surface area contributed by atoms with Crippen LogP contribution in [0, 0.1) is 5.92 Å². The highest BCUT2D eigenvalue weighted by Gasteiger charge is 2.36. The Bertz CT molecular complexity index is 247. The Balaban J connectivity index is 2.40. The molecule has 0 radical (unpaired) electrons. The van der Waals surface area contributed by atoms with E-state index in [1.807, 2.05) is 6.92 Å². The van der Waals surface area contributed by atoms with Crippen LogP contribution in [-0.2, 0) is 4.79 Å². The van der Waals surface area contributed by atoms with Crippen molar-refractivity contribution in [1.82, 2.24) is 10.2 Å². The normalized spacial score (nSPS) is 20.5. The summed E-state index contributed by atoms with van der Waals surface area (Å²) in [6.07, 6.45) is 5.46. The lowest BCUT2D eigenvalue weighted by atomic mass is 9.95. The SMILES string of the molecule is CC(CN)CC(=O)NCC1(N(C)C)CCCC1. The number of rotatable bonds is 6. The molecule has 1 aliphatic carbocycles. The van der Waals surface area contributed by atoms with E-state index in [9.17, 15) is 4.79 Å². The van der Waals surface area contributed by atoms with E-state index in [2.05, 4.69) is 24.3 Å². The molecule has 4 nitrogen and oxygen atoms in total. The van der Waals surface area contributed by atoms with Gasteiger partial charge in [0.15, 0.2) is 0 Å². The van der Waals surface area contributed by atoms with Gasteiger partial charge in [-0.25, -0.2) is 0 Å². The first-order valence-corrected chi connectivity index (χ1v) is 6.64. The second kappa shape index (κ2) is 6.36. The van der Waals surface area contributed by atoms with Crippen LogP contribution < -0.4 is 11.1 Å². The number of hydrogen-bond donors (Lipinski definition) is 2. The molecule has 3 N–H and O–H groups in total. The van der Waals surface area contributed by atoms with Crippen molar-refractivity contribution in [2.45, 2.75) is 44.6 Å². The Morgan fingerprint density at radius 3 is 2.47 bits per heavy atom. The molecule has 1 unspecified atom stereocenters.